The highest BCUT2D eigenvalue weighted by Gasteiger charge is 2.34. The number of fused-ring (bicyclic) bond motifs is 1. The van der Waals surface area contributed by atoms with E-state index >= 15 is 0 Å². The molecule has 33 heavy (non-hydrogen) atoms. The van der Waals surface area contributed by atoms with Crippen LogP contribution in [0.3, 0.4) is 0 Å². The Morgan fingerprint density at radius 1 is 1.12 bits per heavy atom. The number of carbonyl (C=O) groups is 2. The van der Waals surface area contributed by atoms with Crippen LogP contribution in [0.5, 0.6) is 5.75 Å². The van der Waals surface area contributed by atoms with Crippen LogP contribution in [-0.2, 0) is 14.3 Å². The predicted molar refractivity (Wildman–Crippen MR) is 131 cm³/mol. The number of nitrogens with zero attached hydrogens (tertiary/aromatic N) is 2. The first-order valence-corrected chi connectivity index (χ1v) is 12.0. The third kappa shape index (κ3) is 5.39. The Kier molecular flexibility index (Phi) is 7.36. The van der Waals surface area contributed by atoms with Crippen LogP contribution in [0.15, 0.2) is 40.9 Å². The predicted octanol–water partition coefficient (Wildman–Crippen LogP) is 3.37. The minimum atomic E-state index is -0.676. The second-order valence-electron chi connectivity index (χ2n) is 8.66. The van der Waals surface area contributed by atoms with Gasteiger partial charge in [-0.25, -0.2) is 0 Å². The number of benzene rings is 2. The molecule has 7 nitrogen and oxygen atoms in total. The highest BCUT2D eigenvalue weighted by Crippen LogP contribution is 2.36. The van der Waals surface area contributed by atoms with Gasteiger partial charge in [-0.15, -0.1) is 0 Å². The molecule has 2 aliphatic rings. The van der Waals surface area contributed by atoms with Crippen LogP contribution in [0, 0.1) is 13.8 Å². The van der Waals surface area contributed by atoms with Gasteiger partial charge in [0.1, 0.15) is 11.8 Å². The fourth-order valence-electron chi connectivity index (χ4n) is 4.23. The summed E-state index contributed by atoms with van der Waals surface area (Å²) in [5, 5.41) is 3.20. The Hall–Kier alpha value is -2.42. The summed E-state index contributed by atoms with van der Waals surface area (Å²) in [6.45, 7) is 9.40. The number of carbonyl (C=O) groups excluding carboxylic acids is 2. The number of halogens is 1. The van der Waals surface area contributed by atoms with Crippen LogP contribution in [0.4, 0.5) is 5.69 Å². The Morgan fingerprint density at radius 3 is 2.48 bits per heavy atom. The molecule has 2 unspecified atom stereocenters. The van der Waals surface area contributed by atoms with Crippen molar-refractivity contribution in [2.24, 2.45) is 0 Å². The number of amides is 2. The molecule has 2 aliphatic heterocycles. The highest BCUT2D eigenvalue weighted by atomic mass is 79.9. The van der Waals surface area contributed by atoms with Gasteiger partial charge in [0.2, 0.25) is 5.91 Å². The van der Waals surface area contributed by atoms with Crippen LogP contribution >= 0.6 is 15.9 Å². The minimum Gasteiger partial charge on any atom is -0.482 e. The normalized spacial score (nSPS) is 18.3. The topological polar surface area (TPSA) is 71.1 Å². The zero-order valence-electron chi connectivity index (χ0n) is 19.3. The van der Waals surface area contributed by atoms with Crippen molar-refractivity contribution in [2.75, 3.05) is 44.4 Å². The van der Waals surface area contributed by atoms with Gasteiger partial charge in [0, 0.05) is 24.1 Å². The van der Waals surface area contributed by atoms with Crippen molar-refractivity contribution in [3.8, 4) is 5.75 Å². The molecule has 2 aromatic carbocycles. The van der Waals surface area contributed by atoms with Gasteiger partial charge in [0.15, 0.2) is 6.61 Å². The largest absolute Gasteiger partial charge is 0.482 e. The van der Waals surface area contributed by atoms with E-state index in [1.54, 1.807) is 11.8 Å². The number of aryl methyl sites for hydroxylation is 2. The van der Waals surface area contributed by atoms with Crippen LogP contribution in [0.2, 0.25) is 0 Å². The van der Waals surface area contributed by atoms with E-state index in [1.165, 1.54) is 0 Å². The van der Waals surface area contributed by atoms with Gasteiger partial charge < -0.3 is 14.8 Å². The second kappa shape index (κ2) is 10.2. The maximum Gasteiger partial charge on any atom is 0.265 e. The summed E-state index contributed by atoms with van der Waals surface area (Å²) in [6.07, 6.45) is 0. The maximum atomic E-state index is 13.4. The summed E-state index contributed by atoms with van der Waals surface area (Å²) in [4.78, 5) is 30.1. The number of ether oxygens (including phenoxy) is 2. The van der Waals surface area contributed by atoms with Gasteiger partial charge in [0.25, 0.3) is 5.91 Å². The lowest BCUT2D eigenvalue weighted by molar-refractivity contribution is -0.128. The fourth-order valence-corrected chi connectivity index (χ4v) is 4.49. The minimum absolute atomic E-state index is 0.0724. The van der Waals surface area contributed by atoms with E-state index in [-0.39, 0.29) is 24.5 Å². The van der Waals surface area contributed by atoms with Gasteiger partial charge in [-0.1, -0.05) is 28.1 Å². The van der Waals surface area contributed by atoms with E-state index in [1.807, 2.05) is 50.2 Å². The van der Waals surface area contributed by atoms with Crippen LogP contribution in [0.1, 0.15) is 29.7 Å². The number of nitrogens with one attached hydrogen (secondary N) is 1. The smallest absolute Gasteiger partial charge is 0.265 e. The third-order valence-corrected chi connectivity index (χ3v) is 6.88. The molecule has 1 saturated heterocycles. The summed E-state index contributed by atoms with van der Waals surface area (Å²) in [7, 11) is 0. The zero-order valence-corrected chi connectivity index (χ0v) is 20.9. The van der Waals surface area contributed by atoms with E-state index < -0.39 is 6.04 Å². The molecule has 4 rings (SSSR count). The zero-order chi connectivity index (χ0) is 23.5. The van der Waals surface area contributed by atoms with E-state index in [9.17, 15) is 9.59 Å². The molecule has 1 N–H and O–H groups in total. The van der Waals surface area contributed by atoms with E-state index in [0.29, 0.717) is 31.2 Å². The average molecular weight is 516 g/mol. The summed E-state index contributed by atoms with van der Waals surface area (Å²) in [5.74, 6) is 0.215. The quantitative estimate of drug-likeness (QED) is 0.638. The molecule has 2 amide bonds. The van der Waals surface area contributed by atoms with E-state index in [4.69, 9.17) is 9.47 Å². The van der Waals surface area contributed by atoms with E-state index in [0.717, 1.165) is 34.3 Å². The molecule has 8 heteroatoms. The molecule has 176 valence electrons. The van der Waals surface area contributed by atoms with Crippen molar-refractivity contribution in [3.05, 3.63) is 57.6 Å². The molecule has 0 aliphatic carbocycles. The summed E-state index contributed by atoms with van der Waals surface area (Å²) >= 11 is 3.48. The van der Waals surface area contributed by atoms with Crippen molar-refractivity contribution in [2.45, 2.75) is 32.9 Å². The molecule has 2 atom stereocenters. The highest BCUT2D eigenvalue weighted by molar-refractivity contribution is 9.10. The standard InChI is InChI=1S/C25H30BrN3O4/c1-16-12-22-23(13-17(16)2)33-15-24(30)29(22)18(3)25(31)27-21(14-28-8-10-32-11-9-28)19-4-6-20(26)7-5-19/h4-7,12-13,18,21H,8-11,14-15H2,1-3H3,(H,27,31). The Labute approximate surface area is 203 Å². The lowest BCUT2D eigenvalue weighted by atomic mass is 10.0. The number of anilines is 1. The van der Waals surface area contributed by atoms with Gasteiger partial charge >= 0.3 is 0 Å². The SMILES string of the molecule is Cc1cc2c(cc1C)N(C(C)C(=O)NC(CN1CCOCC1)c1ccc(Br)cc1)C(=O)CO2. The van der Waals surface area contributed by atoms with Crippen molar-refractivity contribution in [3.63, 3.8) is 0 Å². The van der Waals surface area contributed by atoms with Gasteiger partial charge in [-0.3, -0.25) is 19.4 Å². The fraction of sp³-hybridized carbons (Fsp3) is 0.440. The number of hydrogen-bond donors (Lipinski definition) is 1. The van der Waals surface area contributed by atoms with E-state index in [2.05, 4.69) is 26.1 Å². The molecular weight excluding hydrogens is 486 g/mol. The first-order chi connectivity index (χ1) is 15.8. The molecule has 0 bridgehead atoms. The number of morpholine rings is 1. The first-order valence-electron chi connectivity index (χ1n) is 11.3. The van der Waals surface area contributed by atoms with Crippen molar-refractivity contribution < 1.29 is 19.1 Å². The average Bonchev–Trinajstić information content (AvgIpc) is 2.80. The lowest BCUT2D eigenvalue weighted by Crippen LogP contribution is -2.53. The van der Waals surface area contributed by atoms with Crippen molar-refractivity contribution in [1.82, 2.24) is 10.2 Å². The molecule has 0 saturated carbocycles. The number of hydrogen-bond acceptors (Lipinski definition) is 5. The van der Waals surface area contributed by atoms with Gasteiger partial charge in [-0.05, 0) is 61.7 Å². The molecule has 0 spiro atoms. The summed E-state index contributed by atoms with van der Waals surface area (Å²) < 4.78 is 12.1. The lowest BCUT2D eigenvalue weighted by Gasteiger charge is -2.35. The number of rotatable bonds is 6. The van der Waals surface area contributed by atoms with Crippen LogP contribution in [0.25, 0.3) is 0 Å². The summed E-state index contributed by atoms with van der Waals surface area (Å²) in [5.41, 5.74) is 3.79. The molecule has 0 aromatic heterocycles. The molecule has 2 heterocycles. The Morgan fingerprint density at radius 2 is 1.79 bits per heavy atom. The van der Waals surface area contributed by atoms with Crippen molar-refractivity contribution >= 4 is 33.4 Å². The Bertz CT molecular complexity index is 1020. The third-order valence-electron chi connectivity index (χ3n) is 6.35. The van der Waals surface area contributed by atoms with Gasteiger partial charge in [0.05, 0.1) is 24.9 Å². The van der Waals surface area contributed by atoms with Crippen LogP contribution < -0.4 is 15.0 Å². The summed E-state index contributed by atoms with van der Waals surface area (Å²) in [6, 6.07) is 11.0. The molecule has 2 aromatic rings. The molecule has 1 fully saturated rings. The molecule has 0 radical (unpaired) electrons. The van der Waals surface area contributed by atoms with Crippen molar-refractivity contribution in [1.29, 1.82) is 0 Å². The maximum absolute atomic E-state index is 13.4. The first kappa shape index (κ1) is 23.7. The Balaban J connectivity index is 1.56. The molecular formula is C25H30BrN3O4. The monoisotopic (exact) mass is 515 g/mol. The van der Waals surface area contributed by atoms with Gasteiger partial charge in [-0.2, -0.15) is 0 Å². The van der Waals surface area contributed by atoms with Crippen LogP contribution in [-0.4, -0.2) is 62.2 Å². The second-order valence-corrected chi connectivity index (χ2v) is 9.57.